The highest BCUT2D eigenvalue weighted by Gasteiger charge is 2.42. The topological polar surface area (TPSA) is 49.4 Å². The van der Waals surface area contributed by atoms with Gasteiger partial charge >= 0.3 is 0 Å². The van der Waals surface area contributed by atoms with Crippen molar-refractivity contribution < 1.29 is 9.59 Å². The second-order valence-corrected chi connectivity index (χ2v) is 6.64. The molecular weight excluding hydrogens is 332 g/mol. The molecule has 2 atom stereocenters. The lowest BCUT2D eigenvalue weighted by Crippen LogP contribution is -2.65. The molecule has 1 aromatic rings. The first-order valence-corrected chi connectivity index (χ1v) is 8.14. The standard InChI is InChI=1S/C16H21BrN2O2/c1-4-6-13-16(21)19(12-8-5-7-11(17)9-12)14(10(2)3)15(20)18-13/h5,7-10,13-14H,4,6H2,1-3H3,(H,18,20). The summed E-state index contributed by atoms with van der Waals surface area (Å²) in [6.45, 7) is 5.93. The number of piperazine rings is 1. The zero-order valence-electron chi connectivity index (χ0n) is 12.6. The van der Waals surface area contributed by atoms with Crippen molar-refractivity contribution in [3.63, 3.8) is 0 Å². The van der Waals surface area contributed by atoms with Gasteiger partial charge in [-0.1, -0.05) is 49.2 Å². The van der Waals surface area contributed by atoms with Gasteiger partial charge in [-0.2, -0.15) is 0 Å². The molecule has 5 heteroatoms. The van der Waals surface area contributed by atoms with Crippen molar-refractivity contribution in [1.29, 1.82) is 0 Å². The van der Waals surface area contributed by atoms with Crippen molar-refractivity contribution in [3.05, 3.63) is 28.7 Å². The highest BCUT2D eigenvalue weighted by molar-refractivity contribution is 9.10. The molecule has 1 aromatic carbocycles. The summed E-state index contributed by atoms with van der Waals surface area (Å²) < 4.78 is 0.897. The number of rotatable bonds is 4. The molecule has 0 aromatic heterocycles. The number of hydrogen-bond acceptors (Lipinski definition) is 2. The minimum atomic E-state index is -0.458. The van der Waals surface area contributed by atoms with Crippen LogP contribution in [0.2, 0.25) is 0 Å². The lowest BCUT2D eigenvalue weighted by atomic mass is 9.95. The van der Waals surface area contributed by atoms with Crippen molar-refractivity contribution >= 4 is 33.4 Å². The van der Waals surface area contributed by atoms with E-state index in [0.29, 0.717) is 6.42 Å². The predicted molar refractivity (Wildman–Crippen MR) is 87.1 cm³/mol. The third-order valence-corrected chi connectivity index (χ3v) is 4.19. The van der Waals surface area contributed by atoms with Crippen LogP contribution in [-0.4, -0.2) is 23.9 Å². The Balaban J connectivity index is 2.43. The minimum absolute atomic E-state index is 0.0201. The first-order chi connectivity index (χ1) is 9.95. The maximum Gasteiger partial charge on any atom is 0.250 e. The third kappa shape index (κ3) is 3.28. The number of benzene rings is 1. The van der Waals surface area contributed by atoms with Crippen LogP contribution in [0.1, 0.15) is 33.6 Å². The van der Waals surface area contributed by atoms with E-state index in [1.165, 1.54) is 0 Å². The molecule has 0 radical (unpaired) electrons. The molecule has 1 N–H and O–H groups in total. The van der Waals surface area contributed by atoms with E-state index in [9.17, 15) is 9.59 Å². The second-order valence-electron chi connectivity index (χ2n) is 5.73. The Labute approximate surface area is 134 Å². The van der Waals surface area contributed by atoms with Crippen LogP contribution in [0.25, 0.3) is 0 Å². The molecule has 0 aliphatic carbocycles. The number of nitrogens with one attached hydrogen (secondary N) is 1. The first-order valence-electron chi connectivity index (χ1n) is 7.34. The lowest BCUT2D eigenvalue weighted by Gasteiger charge is -2.40. The quantitative estimate of drug-likeness (QED) is 0.904. The number of carbonyl (C=O) groups excluding carboxylic acids is 2. The van der Waals surface area contributed by atoms with Gasteiger partial charge in [-0.3, -0.25) is 14.5 Å². The number of carbonyl (C=O) groups is 2. The van der Waals surface area contributed by atoms with Gasteiger partial charge in [0.15, 0.2) is 0 Å². The van der Waals surface area contributed by atoms with Crippen molar-refractivity contribution in [2.75, 3.05) is 4.90 Å². The van der Waals surface area contributed by atoms with Crippen LogP contribution in [0, 0.1) is 5.92 Å². The minimum Gasteiger partial charge on any atom is -0.342 e. The third-order valence-electron chi connectivity index (χ3n) is 3.69. The van der Waals surface area contributed by atoms with Gasteiger partial charge in [0, 0.05) is 10.2 Å². The fourth-order valence-corrected chi connectivity index (χ4v) is 3.13. The summed E-state index contributed by atoms with van der Waals surface area (Å²) in [6.07, 6.45) is 1.52. The number of hydrogen-bond donors (Lipinski definition) is 1. The molecule has 1 saturated heterocycles. The molecule has 1 fully saturated rings. The van der Waals surface area contributed by atoms with Gasteiger partial charge in [-0.05, 0) is 30.5 Å². The molecule has 2 unspecified atom stereocenters. The molecule has 1 aliphatic heterocycles. The summed E-state index contributed by atoms with van der Waals surface area (Å²) in [5.74, 6) is -0.0354. The molecule has 0 bridgehead atoms. The Hall–Kier alpha value is -1.36. The Kier molecular flexibility index (Phi) is 5.04. The summed E-state index contributed by atoms with van der Waals surface area (Å²) in [5.41, 5.74) is 0.768. The number of nitrogens with zero attached hydrogens (tertiary/aromatic N) is 1. The maximum atomic E-state index is 12.8. The zero-order chi connectivity index (χ0) is 15.6. The molecule has 1 heterocycles. The van der Waals surface area contributed by atoms with E-state index < -0.39 is 12.1 Å². The summed E-state index contributed by atoms with van der Waals surface area (Å²) in [4.78, 5) is 26.9. The highest BCUT2D eigenvalue weighted by Crippen LogP contribution is 2.28. The Morgan fingerprint density at radius 2 is 2.05 bits per heavy atom. The summed E-state index contributed by atoms with van der Waals surface area (Å²) in [5, 5.41) is 2.87. The average molecular weight is 353 g/mol. The fraction of sp³-hybridized carbons (Fsp3) is 0.500. The molecule has 21 heavy (non-hydrogen) atoms. The van der Waals surface area contributed by atoms with Gasteiger partial charge in [0.1, 0.15) is 12.1 Å². The molecule has 1 aliphatic rings. The normalized spacial score (nSPS) is 22.6. The monoisotopic (exact) mass is 352 g/mol. The summed E-state index contributed by atoms with van der Waals surface area (Å²) in [7, 11) is 0. The Bertz CT molecular complexity index is 545. The molecule has 114 valence electrons. The predicted octanol–water partition coefficient (Wildman–Crippen LogP) is 3.11. The van der Waals surface area contributed by atoms with Crippen LogP contribution < -0.4 is 10.2 Å². The van der Waals surface area contributed by atoms with E-state index in [2.05, 4.69) is 21.2 Å². The molecule has 0 saturated carbocycles. The van der Waals surface area contributed by atoms with E-state index in [0.717, 1.165) is 16.6 Å². The smallest absolute Gasteiger partial charge is 0.250 e. The van der Waals surface area contributed by atoms with E-state index in [-0.39, 0.29) is 17.7 Å². The average Bonchev–Trinajstić information content (AvgIpc) is 2.41. The Morgan fingerprint density at radius 3 is 2.62 bits per heavy atom. The van der Waals surface area contributed by atoms with Crippen molar-refractivity contribution in [2.45, 2.75) is 45.7 Å². The van der Waals surface area contributed by atoms with Crippen molar-refractivity contribution in [3.8, 4) is 0 Å². The lowest BCUT2D eigenvalue weighted by molar-refractivity contribution is -0.135. The molecular formula is C16H21BrN2O2. The van der Waals surface area contributed by atoms with E-state index >= 15 is 0 Å². The molecule has 0 spiro atoms. The maximum absolute atomic E-state index is 12.8. The first kappa shape index (κ1) is 16.0. The second kappa shape index (κ2) is 6.60. The van der Waals surface area contributed by atoms with Crippen LogP contribution in [0.3, 0.4) is 0 Å². The van der Waals surface area contributed by atoms with Crippen LogP contribution >= 0.6 is 15.9 Å². The van der Waals surface area contributed by atoms with Gasteiger partial charge in [0.05, 0.1) is 0 Å². The Morgan fingerprint density at radius 1 is 1.33 bits per heavy atom. The van der Waals surface area contributed by atoms with Gasteiger partial charge in [0.25, 0.3) is 0 Å². The van der Waals surface area contributed by atoms with E-state index in [1.807, 2.05) is 45.0 Å². The summed E-state index contributed by atoms with van der Waals surface area (Å²) >= 11 is 3.43. The van der Waals surface area contributed by atoms with Crippen LogP contribution in [-0.2, 0) is 9.59 Å². The zero-order valence-corrected chi connectivity index (χ0v) is 14.2. The van der Waals surface area contributed by atoms with E-state index in [1.54, 1.807) is 4.90 Å². The van der Waals surface area contributed by atoms with Crippen LogP contribution in [0.5, 0.6) is 0 Å². The van der Waals surface area contributed by atoms with Crippen LogP contribution in [0.15, 0.2) is 28.7 Å². The molecule has 4 nitrogen and oxygen atoms in total. The molecule has 2 rings (SSSR count). The van der Waals surface area contributed by atoms with Gasteiger partial charge in [-0.25, -0.2) is 0 Å². The largest absolute Gasteiger partial charge is 0.342 e. The number of amides is 2. The van der Waals surface area contributed by atoms with Crippen LogP contribution in [0.4, 0.5) is 5.69 Å². The van der Waals surface area contributed by atoms with Gasteiger partial charge in [0.2, 0.25) is 11.8 Å². The van der Waals surface area contributed by atoms with Crippen molar-refractivity contribution in [2.24, 2.45) is 5.92 Å². The SMILES string of the molecule is CCCC1NC(=O)C(C(C)C)N(c2cccc(Br)c2)C1=O. The number of halogens is 1. The van der Waals surface area contributed by atoms with Gasteiger partial charge < -0.3 is 5.32 Å². The van der Waals surface area contributed by atoms with Crippen molar-refractivity contribution in [1.82, 2.24) is 5.32 Å². The molecule has 2 amide bonds. The van der Waals surface area contributed by atoms with E-state index in [4.69, 9.17) is 0 Å². The summed E-state index contributed by atoms with van der Waals surface area (Å²) in [6, 6.07) is 6.67. The highest BCUT2D eigenvalue weighted by atomic mass is 79.9. The fourth-order valence-electron chi connectivity index (χ4n) is 2.74. The number of anilines is 1. The van der Waals surface area contributed by atoms with Gasteiger partial charge in [-0.15, -0.1) is 0 Å².